The molecule has 0 fully saturated rings. The molecule has 1 aromatic carbocycles. The zero-order valence-electron chi connectivity index (χ0n) is 11.1. The normalized spacial score (nSPS) is 10.0. The van der Waals surface area contributed by atoms with E-state index in [0.29, 0.717) is 17.3 Å². The van der Waals surface area contributed by atoms with Gasteiger partial charge in [0.05, 0.1) is 12.3 Å². The number of hydrogen-bond donors (Lipinski definition) is 2. The number of aromatic nitrogens is 1. The molecule has 0 bridgehead atoms. The highest BCUT2D eigenvalue weighted by molar-refractivity contribution is 7.80. The third-order valence-corrected chi connectivity index (χ3v) is 2.88. The average molecular weight is 287 g/mol. The van der Waals surface area contributed by atoms with Crippen LogP contribution in [-0.4, -0.2) is 23.1 Å². The zero-order chi connectivity index (χ0) is 14.2. The van der Waals surface area contributed by atoms with Crippen LogP contribution in [-0.2, 0) is 0 Å². The van der Waals surface area contributed by atoms with Gasteiger partial charge in [-0.25, -0.2) is 0 Å². The van der Waals surface area contributed by atoms with E-state index in [0.717, 1.165) is 24.4 Å². The van der Waals surface area contributed by atoms with Crippen molar-refractivity contribution in [3.63, 3.8) is 0 Å². The van der Waals surface area contributed by atoms with Crippen LogP contribution in [0.4, 0.5) is 5.69 Å². The van der Waals surface area contributed by atoms with Crippen molar-refractivity contribution in [1.82, 2.24) is 4.98 Å². The predicted octanol–water partition coefficient (Wildman–Crippen LogP) is 2.60. The van der Waals surface area contributed by atoms with Crippen molar-refractivity contribution in [3.05, 3.63) is 54.4 Å². The van der Waals surface area contributed by atoms with Crippen molar-refractivity contribution in [2.75, 3.05) is 18.5 Å². The van der Waals surface area contributed by atoms with Gasteiger partial charge in [-0.05, 0) is 30.7 Å². The minimum Gasteiger partial charge on any atom is -0.494 e. The molecule has 1 aromatic heterocycles. The highest BCUT2D eigenvalue weighted by Gasteiger charge is 2.04. The molecule has 0 saturated carbocycles. The lowest BCUT2D eigenvalue weighted by atomic mass is 10.3. The number of nitrogens with one attached hydrogen (secondary N) is 1. The molecule has 4 nitrogen and oxygen atoms in total. The molecular weight excluding hydrogens is 270 g/mol. The number of nitrogens with two attached hydrogens (primary N) is 1. The van der Waals surface area contributed by atoms with Crippen LogP contribution in [0.3, 0.4) is 0 Å². The first-order valence-electron chi connectivity index (χ1n) is 6.44. The second-order valence-electron chi connectivity index (χ2n) is 4.21. The van der Waals surface area contributed by atoms with Gasteiger partial charge in [-0.1, -0.05) is 30.4 Å². The number of hydrogen-bond acceptors (Lipinski definition) is 4. The summed E-state index contributed by atoms with van der Waals surface area (Å²) >= 11 is 4.97. The predicted molar refractivity (Wildman–Crippen MR) is 85.2 cm³/mol. The van der Waals surface area contributed by atoms with E-state index >= 15 is 0 Å². The molecule has 104 valence electrons. The lowest BCUT2D eigenvalue weighted by Crippen LogP contribution is -2.16. The Morgan fingerprint density at radius 3 is 2.75 bits per heavy atom. The van der Waals surface area contributed by atoms with Gasteiger partial charge in [-0.15, -0.1) is 0 Å². The van der Waals surface area contributed by atoms with Crippen molar-refractivity contribution >= 4 is 22.9 Å². The molecule has 0 radical (unpaired) electrons. The Morgan fingerprint density at radius 2 is 2.00 bits per heavy atom. The number of anilines is 1. The highest BCUT2D eigenvalue weighted by atomic mass is 32.1. The maximum absolute atomic E-state index is 5.63. The summed E-state index contributed by atoms with van der Waals surface area (Å²) < 4.78 is 5.62. The van der Waals surface area contributed by atoms with E-state index in [9.17, 15) is 0 Å². The Hall–Kier alpha value is -2.14. The Bertz CT molecular complexity index is 560. The minimum absolute atomic E-state index is 0.300. The number of nitrogens with zero attached hydrogens (tertiary/aromatic N) is 1. The second-order valence-corrected chi connectivity index (χ2v) is 4.65. The molecule has 5 heteroatoms. The molecule has 20 heavy (non-hydrogen) atoms. The fourth-order valence-corrected chi connectivity index (χ4v) is 1.91. The van der Waals surface area contributed by atoms with Gasteiger partial charge >= 0.3 is 0 Å². The summed E-state index contributed by atoms with van der Waals surface area (Å²) in [6, 6.07) is 13.5. The molecule has 0 unspecified atom stereocenters. The molecule has 2 aromatic rings. The fourth-order valence-electron chi connectivity index (χ4n) is 1.75. The second kappa shape index (κ2) is 7.45. The van der Waals surface area contributed by atoms with Crippen molar-refractivity contribution < 1.29 is 4.74 Å². The molecule has 0 aliphatic heterocycles. The molecule has 2 rings (SSSR count). The van der Waals surface area contributed by atoms with Gasteiger partial charge in [0.2, 0.25) is 0 Å². The van der Waals surface area contributed by atoms with Gasteiger partial charge in [0.1, 0.15) is 16.4 Å². The summed E-state index contributed by atoms with van der Waals surface area (Å²) in [7, 11) is 0. The van der Waals surface area contributed by atoms with Crippen LogP contribution in [0.2, 0.25) is 0 Å². The third-order valence-electron chi connectivity index (χ3n) is 2.69. The molecule has 0 saturated heterocycles. The van der Waals surface area contributed by atoms with E-state index in [-0.39, 0.29) is 0 Å². The summed E-state index contributed by atoms with van der Waals surface area (Å²) in [4.78, 5) is 4.46. The Labute approximate surface area is 124 Å². The maximum Gasteiger partial charge on any atom is 0.124 e. The van der Waals surface area contributed by atoms with E-state index in [1.165, 1.54) is 0 Å². The van der Waals surface area contributed by atoms with Gasteiger partial charge in [0.15, 0.2) is 0 Å². The molecule has 1 heterocycles. The lowest BCUT2D eigenvalue weighted by Gasteiger charge is -2.10. The standard InChI is InChI=1S/C15H17N3OS/c16-15(20)14-13(8-4-9-18-14)17-10-5-11-19-12-6-2-1-3-7-12/h1-4,6-9,17H,5,10-11H2,(H2,16,20). The van der Waals surface area contributed by atoms with Crippen molar-refractivity contribution in [3.8, 4) is 5.75 Å². The molecule has 0 spiro atoms. The first kappa shape index (κ1) is 14.3. The number of ether oxygens (including phenoxy) is 1. The fraction of sp³-hybridized carbons (Fsp3) is 0.200. The maximum atomic E-state index is 5.63. The van der Waals surface area contributed by atoms with Crippen LogP contribution in [0.15, 0.2) is 48.7 Å². The summed E-state index contributed by atoms with van der Waals surface area (Å²) in [6.07, 6.45) is 2.55. The van der Waals surface area contributed by atoms with Gasteiger partial charge in [-0.2, -0.15) is 0 Å². The van der Waals surface area contributed by atoms with E-state index in [2.05, 4.69) is 10.3 Å². The van der Waals surface area contributed by atoms with Crippen molar-refractivity contribution in [2.24, 2.45) is 5.73 Å². The molecular formula is C15H17N3OS. The van der Waals surface area contributed by atoms with Gasteiger partial charge < -0.3 is 15.8 Å². The smallest absolute Gasteiger partial charge is 0.124 e. The Balaban J connectivity index is 1.75. The number of pyridine rings is 1. The van der Waals surface area contributed by atoms with Crippen LogP contribution in [0, 0.1) is 0 Å². The SMILES string of the molecule is NC(=S)c1ncccc1NCCCOc1ccccc1. The van der Waals surface area contributed by atoms with E-state index < -0.39 is 0 Å². The molecule has 0 atom stereocenters. The first-order valence-corrected chi connectivity index (χ1v) is 6.85. The van der Waals surface area contributed by atoms with Gasteiger partial charge in [0.25, 0.3) is 0 Å². The lowest BCUT2D eigenvalue weighted by molar-refractivity contribution is 0.315. The number of para-hydroxylation sites is 1. The number of thiocarbonyl (C=S) groups is 1. The van der Waals surface area contributed by atoms with E-state index in [4.69, 9.17) is 22.7 Å². The van der Waals surface area contributed by atoms with E-state index in [1.807, 2.05) is 42.5 Å². The number of rotatable bonds is 7. The summed E-state index contributed by atoms with van der Waals surface area (Å²) in [5.41, 5.74) is 7.12. The van der Waals surface area contributed by atoms with E-state index in [1.54, 1.807) is 6.20 Å². The molecule has 3 N–H and O–H groups in total. The van der Waals surface area contributed by atoms with Gasteiger partial charge in [0, 0.05) is 12.7 Å². The summed E-state index contributed by atoms with van der Waals surface area (Å²) in [5.74, 6) is 0.887. The average Bonchev–Trinajstić information content (AvgIpc) is 2.48. The van der Waals surface area contributed by atoms with Crippen LogP contribution < -0.4 is 15.8 Å². The molecule has 0 aliphatic carbocycles. The Morgan fingerprint density at radius 1 is 1.20 bits per heavy atom. The molecule has 0 aliphatic rings. The molecule has 0 amide bonds. The first-order chi connectivity index (χ1) is 9.77. The summed E-state index contributed by atoms with van der Waals surface area (Å²) in [6.45, 7) is 1.42. The highest BCUT2D eigenvalue weighted by Crippen LogP contribution is 2.12. The zero-order valence-corrected chi connectivity index (χ0v) is 11.9. The monoisotopic (exact) mass is 287 g/mol. The quantitative estimate of drug-likeness (QED) is 0.605. The van der Waals surface area contributed by atoms with Crippen molar-refractivity contribution in [2.45, 2.75) is 6.42 Å². The number of benzene rings is 1. The van der Waals surface area contributed by atoms with Crippen LogP contribution >= 0.6 is 12.2 Å². The Kier molecular flexibility index (Phi) is 5.32. The van der Waals surface area contributed by atoms with Crippen molar-refractivity contribution in [1.29, 1.82) is 0 Å². The van der Waals surface area contributed by atoms with Crippen LogP contribution in [0.5, 0.6) is 5.75 Å². The third kappa shape index (κ3) is 4.20. The topological polar surface area (TPSA) is 60.2 Å². The summed E-state index contributed by atoms with van der Waals surface area (Å²) in [5, 5.41) is 3.27. The van der Waals surface area contributed by atoms with Crippen LogP contribution in [0.1, 0.15) is 12.1 Å². The largest absolute Gasteiger partial charge is 0.494 e. The van der Waals surface area contributed by atoms with Crippen LogP contribution in [0.25, 0.3) is 0 Å². The van der Waals surface area contributed by atoms with Gasteiger partial charge in [-0.3, -0.25) is 4.98 Å². The minimum atomic E-state index is 0.300.